The Bertz CT molecular complexity index is 1080. The summed E-state index contributed by atoms with van der Waals surface area (Å²) in [6.45, 7) is 6.20. The fourth-order valence-corrected chi connectivity index (χ4v) is 4.75. The number of amides is 1. The molecule has 1 saturated heterocycles. The van der Waals surface area contributed by atoms with E-state index in [4.69, 9.17) is 5.73 Å². The van der Waals surface area contributed by atoms with Gasteiger partial charge in [0.05, 0.1) is 6.33 Å². The first-order valence-electron chi connectivity index (χ1n) is 9.67. The van der Waals surface area contributed by atoms with Crippen molar-refractivity contribution in [2.24, 2.45) is 0 Å². The topological polar surface area (TPSA) is 134 Å². The van der Waals surface area contributed by atoms with E-state index >= 15 is 0 Å². The Morgan fingerprint density at radius 3 is 2.58 bits per heavy atom. The second-order valence-corrected chi connectivity index (χ2v) is 9.09. The van der Waals surface area contributed by atoms with Crippen molar-refractivity contribution >= 4 is 39.4 Å². The molecule has 0 aliphatic carbocycles. The molecule has 4 rings (SSSR count). The standard InChI is InChI=1S/C19H22BrN7O3S/c1-11(28)26-5-2-25(3-6-26)4-7-27-10-22-17(21)16-18(27)24-19(23-16)31-15-9-14(30)13(29)8-12(15)20/h8-10,29-30H,2-7,21H2,1H3. The zero-order valence-corrected chi connectivity index (χ0v) is 19.2. The molecule has 0 unspecified atom stereocenters. The third-order valence-electron chi connectivity index (χ3n) is 5.18. The SMILES string of the molecule is CC(=O)N1CCN(CCn2cnc(N)c3nc(Sc4cc(O)c(O)cc4Br)nc2-3)CC1. The van der Waals surface area contributed by atoms with Crippen LogP contribution in [0.4, 0.5) is 5.82 Å². The average Bonchev–Trinajstić information content (AvgIpc) is 3.16. The third kappa shape index (κ3) is 4.70. The highest BCUT2D eigenvalue weighted by atomic mass is 79.9. The number of halogens is 1. The van der Waals surface area contributed by atoms with Gasteiger partial charge in [-0.05, 0) is 39.8 Å². The highest BCUT2D eigenvalue weighted by Gasteiger charge is 2.22. The summed E-state index contributed by atoms with van der Waals surface area (Å²) in [7, 11) is 0. The second kappa shape index (κ2) is 8.89. The lowest BCUT2D eigenvalue weighted by molar-refractivity contribution is -0.130. The maximum Gasteiger partial charge on any atom is 0.219 e. The normalized spacial score (nSPS) is 15.0. The lowest BCUT2D eigenvalue weighted by Gasteiger charge is -2.34. The number of nitrogen functional groups attached to an aromatic ring is 1. The fraction of sp³-hybridized carbons (Fsp3) is 0.368. The van der Waals surface area contributed by atoms with Gasteiger partial charge in [0.2, 0.25) is 5.91 Å². The monoisotopic (exact) mass is 507 g/mol. The lowest BCUT2D eigenvalue weighted by Crippen LogP contribution is -2.48. The van der Waals surface area contributed by atoms with Crippen molar-refractivity contribution < 1.29 is 15.0 Å². The number of fused-ring (bicyclic) bond motifs is 1. The molecule has 3 aliphatic heterocycles. The van der Waals surface area contributed by atoms with Crippen LogP contribution in [0.1, 0.15) is 6.92 Å². The van der Waals surface area contributed by atoms with Crippen molar-refractivity contribution in [1.29, 1.82) is 0 Å². The highest BCUT2D eigenvalue weighted by Crippen LogP contribution is 2.40. The summed E-state index contributed by atoms with van der Waals surface area (Å²) in [6, 6.07) is 2.86. The number of phenols is 2. The molecule has 0 saturated carbocycles. The molecule has 12 heteroatoms. The van der Waals surface area contributed by atoms with Gasteiger partial charge in [0.25, 0.3) is 0 Å². The van der Waals surface area contributed by atoms with E-state index in [-0.39, 0.29) is 17.4 Å². The minimum Gasteiger partial charge on any atom is -0.504 e. The second-order valence-electron chi connectivity index (χ2n) is 7.22. The van der Waals surface area contributed by atoms with Gasteiger partial charge in [-0.25, -0.2) is 15.0 Å². The number of imidazole rings is 1. The predicted molar refractivity (Wildman–Crippen MR) is 119 cm³/mol. The number of benzene rings is 1. The van der Waals surface area contributed by atoms with Crippen LogP contribution in [0, 0.1) is 0 Å². The van der Waals surface area contributed by atoms with Crippen LogP contribution in [0.2, 0.25) is 0 Å². The van der Waals surface area contributed by atoms with E-state index in [1.54, 1.807) is 13.3 Å². The van der Waals surface area contributed by atoms with Crippen LogP contribution in [-0.2, 0) is 11.3 Å². The molecule has 31 heavy (non-hydrogen) atoms. The zero-order chi connectivity index (χ0) is 22.1. The molecule has 1 aromatic carbocycles. The minimum atomic E-state index is -0.220. The molecule has 164 valence electrons. The highest BCUT2D eigenvalue weighted by molar-refractivity contribution is 9.10. The number of carbonyl (C=O) groups excluding carboxylic acids is 1. The van der Waals surface area contributed by atoms with Gasteiger partial charge in [0.1, 0.15) is 0 Å². The zero-order valence-electron chi connectivity index (χ0n) is 16.8. The molecular weight excluding hydrogens is 486 g/mol. The number of aromatic nitrogens is 4. The molecule has 3 aliphatic rings. The van der Waals surface area contributed by atoms with Crippen molar-refractivity contribution in [3.05, 3.63) is 22.9 Å². The van der Waals surface area contributed by atoms with Gasteiger partial charge in [-0.15, -0.1) is 0 Å². The van der Waals surface area contributed by atoms with Crippen molar-refractivity contribution in [1.82, 2.24) is 29.3 Å². The Balaban J connectivity index is 1.50. The summed E-state index contributed by atoms with van der Waals surface area (Å²) in [5.74, 6) is 0.622. The first-order chi connectivity index (χ1) is 14.8. The van der Waals surface area contributed by atoms with E-state index in [2.05, 4.69) is 35.8 Å². The molecule has 4 N–H and O–H groups in total. The number of aromatic hydroxyl groups is 2. The number of anilines is 1. The van der Waals surface area contributed by atoms with Crippen molar-refractivity contribution in [3.63, 3.8) is 0 Å². The van der Waals surface area contributed by atoms with E-state index in [1.807, 2.05) is 9.47 Å². The largest absolute Gasteiger partial charge is 0.504 e. The summed E-state index contributed by atoms with van der Waals surface area (Å²) in [5.41, 5.74) is 6.54. The molecule has 0 aromatic heterocycles. The Hall–Kier alpha value is -2.57. The van der Waals surface area contributed by atoms with Crippen LogP contribution in [0.15, 0.2) is 33.0 Å². The van der Waals surface area contributed by atoms with Gasteiger partial charge in [-0.3, -0.25) is 9.69 Å². The van der Waals surface area contributed by atoms with Gasteiger partial charge in [0.15, 0.2) is 34.0 Å². The van der Waals surface area contributed by atoms with Gasteiger partial charge >= 0.3 is 0 Å². The van der Waals surface area contributed by atoms with E-state index in [9.17, 15) is 15.0 Å². The molecule has 1 amide bonds. The predicted octanol–water partition coefficient (Wildman–Crippen LogP) is 1.85. The molecular formula is C19H22BrN7O3S. The molecule has 10 nitrogen and oxygen atoms in total. The molecule has 1 aromatic rings. The summed E-state index contributed by atoms with van der Waals surface area (Å²) in [4.78, 5) is 29.7. The van der Waals surface area contributed by atoms with Crippen molar-refractivity contribution in [2.75, 3.05) is 38.5 Å². The number of rotatable bonds is 5. The Morgan fingerprint density at radius 2 is 1.87 bits per heavy atom. The molecule has 0 atom stereocenters. The third-order valence-corrected chi connectivity index (χ3v) is 7.02. The quantitative estimate of drug-likeness (QED) is 0.442. The Labute approximate surface area is 191 Å². The van der Waals surface area contributed by atoms with E-state index in [1.165, 1.54) is 23.9 Å². The molecule has 1 fully saturated rings. The Morgan fingerprint density at radius 1 is 1.16 bits per heavy atom. The van der Waals surface area contributed by atoms with Crippen molar-refractivity contribution in [2.45, 2.75) is 23.5 Å². The minimum absolute atomic E-state index is 0.115. The van der Waals surface area contributed by atoms with Crippen LogP contribution >= 0.6 is 27.7 Å². The number of phenolic OH excluding ortho intramolecular Hbond substituents is 2. The summed E-state index contributed by atoms with van der Waals surface area (Å²) < 4.78 is 2.54. The van der Waals surface area contributed by atoms with Crippen LogP contribution in [0.3, 0.4) is 0 Å². The summed E-state index contributed by atoms with van der Waals surface area (Å²) in [5, 5.41) is 19.9. The summed E-state index contributed by atoms with van der Waals surface area (Å²) >= 11 is 4.62. The summed E-state index contributed by atoms with van der Waals surface area (Å²) in [6.07, 6.45) is 1.66. The van der Waals surface area contributed by atoms with Gasteiger partial charge in [-0.1, -0.05) is 0 Å². The number of carbonyl (C=O) groups is 1. The first-order valence-corrected chi connectivity index (χ1v) is 11.3. The molecule has 0 radical (unpaired) electrons. The first kappa shape index (κ1) is 21.7. The van der Waals surface area contributed by atoms with Gasteiger partial charge in [0, 0.05) is 55.6 Å². The van der Waals surface area contributed by atoms with Crippen LogP contribution < -0.4 is 5.73 Å². The van der Waals surface area contributed by atoms with E-state index < -0.39 is 0 Å². The average molecular weight is 508 g/mol. The van der Waals surface area contributed by atoms with E-state index in [0.29, 0.717) is 38.4 Å². The Kier molecular flexibility index (Phi) is 6.21. The van der Waals surface area contributed by atoms with Crippen LogP contribution in [-0.4, -0.2) is 78.2 Å². The lowest BCUT2D eigenvalue weighted by atomic mass is 10.3. The molecule has 0 spiro atoms. The van der Waals surface area contributed by atoms with Gasteiger partial charge in [-0.2, -0.15) is 0 Å². The molecule has 3 heterocycles. The maximum absolute atomic E-state index is 11.5. The van der Waals surface area contributed by atoms with Crippen LogP contribution in [0.25, 0.3) is 11.5 Å². The molecule has 0 bridgehead atoms. The fourth-order valence-electron chi connectivity index (χ4n) is 3.39. The van der Waals surface area contributed by atoms with Crippen LogP contribution in [0.5, 0.6) is 11.5 Å². The number of hydrogen-bond donors (Lipinski definition) is 3. The smallest absolute Gasteiger partial charge is 0.219 e. The van der Waals surface area contributed by atoms with Crippen molar-refractivity contribution in [3.8, 4) is 23.0 Å². The number of hydrogen-bond acceptors (Lipinski definition) is 9. The maximum atomic E-state index is 11.5. The van der Waals surface area contributed by atoms with E-state index in [0.717, 1.165) is 32.7 Å². The number of nitrogens with zero attached hydrogens (tertiary/aromatic N) is 6. The number of piperazine rings is 1. The number of nitrogens with two attached hydrogens (primary N) is 1. The van der Waals surface area contributed by atoms with Gasteiger partial charge < -0.3 is 25.4 Å².